The molecule has 2 aromatic rings. The molecule has 5 heteroatoms. The first-order valence-corrected chi connectivity index (χ1v) is 7.95. The highest BCUT2D eigenvalue weighted by Crippen LogP contribution is 2.31. The predicted molar refractivity (Wildman–Crippen MR) is 86.4 cm³/mol. The molecule has 4 nitrogen and oxygen atoms in total. The van der Waals surface area contributed by atoms with Crippen molar-refractivity contribution in [2.75, 3.05) is 13.2 Å². The molecule has 2 rings (SSSR count). The summed E-state index contributed by atoms with van der Waals surface area (Å²) < 4.78 is 5.43. The Morgan fingerprint density at radius 1 is 1.38 bits per heavy atom. The number of thiazole rings is 1. The van der Waals surface area contributed by atoms with Crippen LogP contribution in [0.3, 0.4) is 0 Å². The molecule has 0 spiro atoms. The third-order valence-corrected chi connectivity index (χ3v) is 4.72. The summed E-state index contributed by atoms with van der Waals surface area (Å²) in [5.74, 6) is 0.893. The Labute approximate surface area is 129 Å². The lowest BCUT2D eigenvalue weighted by molar-refractivity contribution is 0.317. The SMILES string of the molecule is CCOc1cc(CC(CN)c2nc(C)c(C)s2)ccc1O. The van der Waals surface area contributed by atoms with E-state index >= 15 is 0 Å². The van der Waals surface area contributed by atoms with Crippen LogP contribution in [0.5, 0.6) is 11.5 Å². The Kier molecular flexibility index (Phi) is 5.20. The van der Waals surface area contributed by atoms with Crippen molar-refractivity contribution in [3.63, 3.8) is 0 Å². The van der Waals surface area contributed by atoms with Gasteiger partial charge in [0.15, 0.2) is 11.5 Å². The number of nitrogens with zero attached hydrogens (tertiary/aromatic N) is 1. The molecule has 0 aliphatic rings. The average Bonchev–Trinajstić information content (AvgIpc) is 2.79. The van der Waals surface area contributed by atoms with Crippen LogP contribution < -0.4 is 10.5 Å². The number of phenols is 1. The van der Waals surface area contributed by atoms with Crippen LogP contribution in [0.25, 0.3) is 0 Å². The van der Waals surface area contributed by atoms with Crippen molar-refractivity contribution in [1.29, 1.82) is 0 Å². The molecule has 0 radical (unpaired) electrons. The second-order valence-electron chi connectivity index (χ2n) is 5.07. The molecule has 0 saturated carbocycles. The highest BCUT2D eigenvalue weighted by Gasteiger charge is 2.17. The van der Waals surface area contributed by atoms with Crippen molar-refractivity contribution in [3.8, 4) is 11.5 Å². The van der Waals surface area contributed by atoms with Crippen molar-refractivity contribution in [1.82, 2.24) is 4.98 Å². The van der Waals surface area contributed by atoms with Gasteiger partial charge in [0, 0.05) is 17.3 Å². The number of aromatic hydroxyl groups is 1. The van der Waals surface area contributed by atoms with Crippen molar-refractivity contribution in [3.05, 3.63) is 39.3 Å². The van der Waals surface area contributed by atoms with Crippen molar-refractivity contribution < 1.29 is 9.84 Å². The molecule has 0 saturated heterocycles. The maximum absolute atomic E-state index is 9.75. The van der Waals surface area contributed by atoms with Gasteiger partial charge in [0.05, 0.1) is 17.3 Å². The van der Waals surface area contributed by atoms with Gasteiger partial charge in [-0.3, -0.25) is 0 Å². The van der Waals surface area contributed by atoms with E-state index in [0.29, 0.717) is 18.9 Å². The van der Waals surface area contributed by atoms with Crippen LogP contribution in [0.4, 0.5) is 0 Å². The summed E-state index contributed by atoms with van der Waals surface area (Å²) in [6, 6.07) is 5.47. The van der Waals surface area contributed by atoms with Crippen LogP contribution in [0.15, 0.2) is 18.2 Å². The van der Waals surface area contributed by atoms with E-state index in [1.165, 1.54) is 4.88 Å². The Hall–Kier alpha value is -1.59. The lowest BCUT2D eigenvalue weighted by atomic mass is 9.99. The molecule has 1 aromatic heterocycles. The third-order valence-electron chi connectivity index (χ3n) is 3.48. The van der Waals surface area contributed by atoms with Crippen LogP contribution in [0.2, 0.25) is 0 Å². The van der Waals surface area contributed by atoms with Crippen molar-refractivity contribution in [2.24, 2.45) is 5.73 Å². The second-order valence-corrected chi connectivity index (χ2v) is 6.30. The Morgan fingerprint density at radius 2 is 2.14 bits per heavy atom. The number of hydrogen-bond acceptors (Lipinski definition) is 5. The minimum absolute atomic E-state index is 0.172. The first-order valence-electron chi connectivity index (χ1n) is 7.13. The van der Waals surface area contributed by atoms with Crippen LogP contribution in [-0.2, 0) is 6.42 Å². The molecule has 114 valence electrons. The van der Waals surface area contributed by atoms with E-state index in [2.05, 4.69) is 11.9 Å². The Balaban J connectivity index is 2.20. The molecule has 21 heavy (non-hydrogen) atoms. The fourth-order valence-electron chi connectivity index (χ4n) is 2.18. The van der Waals surface area contributed by atoms with Gasteiger partial charge in [0.2, 0.25) is 0 Å². The molecule has 1 heterocycles. The molecule has 1 unspecified atom stereocenters. The number of hydrogen-bond donors (Lipinski definition) is 2. The quantitative estimate of drug-likeness (QED) is 0.860. The van der Waals surface area contributed by atoms with Crippen molar-refractivity contribution >= 4 is 11.3 Å². The highest BCUT2D eigenvalue weighted by molar-refractivity contribution is 7.11. The molecule has 0 aliphatic heterocycles. The number of aromatic nitrogens is 1. The fraction of sp³-hybridized carbons (Fsp3) is 0.438. The first-order chi connectivity index (χ1) is 10.0. The number of nitrogens with two attached hydrogens (primary N) is 1. The minimum atomic E-state index is 0.172. The largest absolute Gasteiger partial charge is 0.504 e. The maximum Gasteiger partial charge on any atom is 0.161 e. The number of phenolic OH excluding ortho intramolecular Hbond substituents is 1. The zero-order valence-corrected chi connectivity index (χ0v) is 13.5. The first kappa shape index (κ1) is 15.8. The fourth-order valence-corrected chi connectivity index (χ4v) is 3.22. The molecular weight excluding hydrogens is 284 g/mol. The zero-order valence-electron chi connectivity index (χ0n) is 12.7. The summed E-state index contributed by atoms with van der Waals surface area (Å²) in [7, 11) is 0. The Bertz CT molecular complexity index is 591. The van der Waals surface area contributed by atoms with E-state index in [1.807, 2.05) is 26.0 Å². The van der Waals surface area contributed by atoms with E-state index in [1.54, 1.807) is 17.4 Å². The van der Waals surface area contributed by atoms with Gasteiger partial charge in [-0.1, -0.05) is 6.07 Å². The van der Waals surface area contributed by atoms with E-state index in [9.17, 15) is 5.11 Å². The molecule has 0 amide bonds. The maximum atomic E-state index is 9.75. The van der Waals surface area contributed by atoms with E-state index < -0.39 is 0 Å². The Morgan fingerprint density at radius 3 is 2.71 bits per heavy atom. The van der Waals surface area contributed by atoms with Crippen molar-refractivity contribution in [2.45, 2.75) is 33.1 Å². The molecule has 0 bridgehead atoms. The van der Waals surface area contributed by atoms with Crippen LogP contribution in [0.1, 0.15) is 34.0 Å². The van der Waals surface area contributed by atoms with Gasteiger partial charge in [-0.15, -0.1) is 11.3 Å². The summed E-state index contributed by atoms with van der Waals surface area (Å²) >= 11 is 1.71. The lowest BCUT2D eigenvalue weighted by Gasteiger charge is -2.13. The second kappa shape index (κ2) is 6.91. The molecular formula is C16H22N2O2S. The average molecular weight is 306 g/mol. The molecule has 3 N–H and O–H groups in total. The summed E-state index contributed by atoms with van der Waals surface area (Å²) in [4.78, 5) is 5.85. The smallest absolute Gasteiger partial charge is 0.161 e. The van der Waals surface area contributed by atoms with Gasteiger partial charge in [0.1, 0.15) is 0 Å². The number of rotatable bonds is 6. The molecule has 0 fully saturated rings. The van der Waals surface area contributed by atoms with Crippen LogP contribution >= 0.6 is 11.3 Å². The van der Waals surface area contributed by atoms with Gasteiger partial charge < -0.3 is 15.6 Å². The number of aryl methyl sites for hydroxylation is 2. The lowest BCUT2D eigenvalue weighted by Crippen LogP contribution is -2.15. The normalized spacial score (nSPS) is 12.4. The monoisotopic (exact) mass is 306 g/mol. The summed E-state index contributed by atoms with van der Waals surface area (Å²) in [6.07, 6.45) is 0.795. The minimum Gasteiger partial charge on any atom is -0.504 e. The van der Waals surface area contributed by atoms with E-state index in [0.717, 1.165) is 22.7 Å². The van der Waals surface area contributed by atoms with Gasteiger partial charge >= 0.3 is 0 Å². The standard InChI is InChI=1S/C16H22N2O2S/c1-4-20-15-8-12(5-6-14(15)19)7-13(9-17)16-18-10(2)11(3)21-16/h5-6,8,13,19H,4,7,9,17H2,1-3H3. The summed E-state index contributed by atoms with van der Waals surface area (Å²) in [5, 5.41) is 10.8. The number of benzene rings is 1. The highest BCUT2D eigenvalue weighted by atomic mass is 32.1. The zero-order chi connectivity index (χ0) is 15.4. The summed E-state index contributed by atoms with van der Waals surface area (Å²) in [5.41, 5.74) is 8.10. The van der Waals surface area contributed by atoms with Gasteiger partial charge in [0.25, 0.3) is 0 Å². The van der Waals surface area contributed by atoms with Gasteiger partial charge in [-0.2, -0.15) is 0 Å². The third kappa shape index (κ3) is 3.74. The molecule has 1 atom stereocenters. The van der Waals surface area contributed by atoms with Crippen LogP contribution in [0, 0.1) is 13.8 Å². The van der Waals surface area contributed by atoms with Gasteiger partial charge in [-0.05, 0) is 44.9 Å². The molecule has 1 aromatic carbocycles. The predicted octanol–water partition coefficient (Wildman–Crippen LogP) is 3.15. The van der Waals surface area contributed by atoms with Crippen LogP contribution in [-0.4, -0.2) is 23.2 Å². The van der Waals surface area contributed by atoms with E-state index in [4.69, 9.17) is 10.5 Å². The summed E-state index contributed by atoms with van der Waals surface area (Å²) in [6.45, 7) is 7.09. The van der Waals surface area contributed by atoms with Gasteiger partial charge in [-0.25, -0.2) is 4.98 Å². The van der Waals surface area contributed by atoms with E-state index in [-0.39, 0.29) is 11.7 Å². The topological polar surface area (TPSA) is 68.4 Å². The number of ether oxygens (including phenoxy) is 1. The molecule has 0 aliphatic carbocycles.